The van der Waals surface area contributed by atoms with Gasteiger partial charge in [-0.1, -0.05) is 6.92 Å². The summed E-state index contributed by atoms with van der Waals surface area (Å²) >= 11 is 0. The van der Waals surface area contributed by atoms with Crippen molar-refractivity contribution in [2.75, 3.05) is 12.3 Å². The van der Waals surface area contributed by atoms with Gasteiger partial charge in [0.15, 0.2) is 5.78 Å². The molecule has 20 heavy (non-hydrogen) atoms. The van der Waals surface area contributed by atoms with Crippen molar-refractivity contribution in [3.8, 4) is 0 Å². The van der Waals surface area contributed by atoms with E-state index in [0.29, 0.717) is 24.6 Å². The average Bonchev–Trinajstić information content (AvgIpc) is 2.44. The molecule has 1 heterocycles. The third-order valence-electron chi connectivity index (χ3n) is 4.30. The lowest BCUT2D eigenvalue weighted by Crippen LogP contribution is -2.45. The molecule has 4 nitrogen and oxygen atoms in total. The largest absolute Gasteiger partial charge is 0.398 e. The summed E-state index contributed by atoms with van der Waals surface area (Å²) in [5.41, 5.74) is 6.73. The van der Waals surface area contributed by atoms with Crippen LogP contribution in [0.5, 0.6) is 0 Å². The summed E-state index contributed by atoms with van der Waals surface area (Å²) < 4.78 is 5.88. The highest BCUT2D eigenvalue weighted by molar-refractivity contribution is 5.90. The van der Waals surface area contributed by atoms with Gasteiger partial charge in [0.05, 0.1) is 0 Å². The molecule has 1 aromatic rings. The summed E-state index contributed by atoms with van der Waals surface area (Å²) in [6.07, 6.45) is 7.38. The third kappa shape index (κ3) is 3.18. The molecule has 2 N–H and O–H groups in total. The van der Waals surface area contributed by atoms with Crippen LogP contribution in [0.15, 0.2) is 18.5 Å². The molecule has 1 aromatic heterocycles. The lowest BCUT2D eigenvalue weighted by atomic mass is 9.76. The number of carbonyl (C=O) groups excluding carboxylic acids is 1. The summed E-state index contributed by atoms with van der Waals surface area (Å²) in [4.78, 5) is 16.8. The molecule has 1 aliphatic rings. The second kappa shape index (κ2) is 6.35. The van der Waals surface area contributed by atoms with Crippen LogP contribution < -0.4 is 5.73 Å². The molecular weight excluding hydrogens is 252 g/mol. The molecule has 1 saturated carbocycles. The Morgan fingerprint density at radius 1 is 1.50 bits per heavy atom. The Bertz CT molecular complexity index is 465. The Morgan fingerprint density at radius 2 is 2.20 bits per heavy atom. The van der Waals surface area contributed by atoms with E-state index in [9.17, 15) is 4.79 Å². The van der Waals surface area contributed by atoms with Gasteiger partial charge >= 0.3 is 0 Å². The third-order valence-corrected chi connectivity index (χ3v) is 4.30. The Labute approximate surface area is 120 Å². The zero-order valence-corrected chi connectivity index (χ0v) is 12.4. The molecule has 4 heteroatoms. The van der Waals surface area contributed by atoms with Crippen molar-refractivity contribution in [3.63, 3.8) is 0 Å². The number of rotatable bonds is 5. The molecule has 110 valence electrons. The van der Waals surface area contributed by atoms with Crippen molar-refractivity contribution in [1.29, 1.82) is 0 Å². The van der Waals surface area contributed by atoms with Crippen LogP contribution in [0.2, 0.25) is 0 Å². The molecule has 0 amide bonds. The van der Waals surface area contributed by atoms with E-state index in [2.05, 4.69) is 11.9 Å². The van der Waals surface area contributed by atoms with Crippen LogP contribution >= 0.6 is 0 Å². The van der Waals surface area contributed by atoms with Gasteiger partial charge in [-0.2, -0.15) is 0 Å². The van der Waals surface area contributed by atoms with Gasteiger partial charge in [-0.05, 0) is 44.6 Å². The predicted octanol–water partition coefficient (Wildman–Crippen LogP) is 2.76. The first-order chi connectivity index (χ1) is 9.57. The van der Waals surface area contributed by atoms with E-state index >= 15 is 0 Å². The highest BCUT2D eigenvalue weighted by Gasteiger charge is 2.41. The van der Waals surface area contributed by atoms with E-state index in [0.717, 1.165) is 31.2 Å². The summed E-state index contributed by atoms with van der Waals surface area (Å²) in [6, 6.07) is 1.74. The van der Waals surface area contributed by atoms with Crippen molar-refractivity contribution in [3.05, 3.63) is 24.0 Å². The van der Waals surface area contributed by atoms with Gasteiger partial charge in [-0.3, -0.25) is 9.78 Å². The van der Waals surface area contributed by atoms with Crippen LogP contribution in [0.4, 0.5) is 5.69 Å². The fourth-order valence-electron chi connectivity index (χ4n) is 2.93. The van der Waals surface area contributed by atoms with Crippen LogP contribution in [0.25, 0.3) is 0 Å². The maximum Gasteiger partial charge on any atom is 0.169 e. The minimum absolute atomic E-state index is 0.144. The molecule has 0 saturated heterocycles. The minimum atomic E-state index is -0.608. The second-order valence-electron chi connectivity index (χ2n) is 5.78. The van der Waals surface area contributed by atoms with Gasteiger partial charge < -0.3 is 10.5 Å². The normalized spacial score (nSPS) is 26.4. The number of anilines is 1. The van der Waals surface area contributed by atoms with Crippen molar-refractivity contribution in [2.45, 2.75) is 51.6 Å². The molecule has 0 aromatic carbocycles. The van der Waals surface area contributed by atoms with Gasteiger partial charge in [0.1, 0.15) is 5.60 Å². The van der Waals surface area contributed by atoms with Crippen LogP contribution in [0.1, 0.15) is 45.1 Å². The highest BCUT2D eigenvalue weighted by atomic mass is 16.5. The zero-order valence-electron chi connectivity index (χ0n) is 12.4. The molecule has 0 radical (unpaired) electrons. The van der Waals surface area contributed by atoms with E-state index in [1.165, 1.54) is 0 Å². The fourth-order valence-corrected chi connectivity index (χ4v) is 2.93. The van der Waals surface area contributed by atoms with Crippen molar-refractivity contribution < 1.29 is 9.53 Å². The Morgan fingerprint density at radius 3 is 2.80 bits per heavy atom. The first kappa shape index (κ1) is 15.0. The molecule has 1 fully saturated rings. The van der Waals surface area contributed by atoms with E-state index in [4.69, 9.17) is 10.5 Å². The molecule has 0 aliphatic heterocycles. The van der Waals surface area contributed by atoms with Crippen molar-refractivity contribution in [1.82, 2.24) is 4.98 Å². The lowest BCUT2D eigenvalue weighted by Gasteiger charge is -2.38. The quantitative estimate of drug-likeness (QED) is 0.898. The molecule has 0 atom stereocenters. The lowest BCUT2D eigenvalue weighted by molar-refractivity contribution is -0.149. The van der Waals surface area contributed by atoms with Crippen LogP contribution in [-0.4, -0.2) is 23.0 Å². The Hall–Kier alpha value is -1.42. The number of hydrogen-bond donors (Lipinski definition) is 1. The number of ether oxygens (including phenoxy) is 1. The molecule has 0 bridgehead atoms. The molecule has 1 aliphatic carbocycles. The smallest absolute Gasteiger partial charge is 0.169 e. The van der Waals surface area contributed by atoms with Gasteiger partial charge in [0.2, 0.25) is 0 Å². The molecule has 0 unspecified atom stereocenters. The van der Waals surface area contributed by atoms with Gasteiger partial charge in [-0.15, -0.1) is 0 Å². The number of pyridine rings is 1. The number of aromatic nitrogens is 1. The number of nitrogen functional groups attached to an aromatic ring is 1. The standard InChI is InChI=1S/C16H24N2O2/c1-3-20-16(7-4-12(2)5-8-16)15(19)10-13-11-18-9-6-14(13)17/h6,9,11-12H,3-5,7-8,10H2,1-2H3,(H2,17,18). The topological polar surface area (TPSA) is 65.2 Å². The van der Waals surface area contributed by atoms with Gasteiger partial charge in [0, 0.05) is 36.7 Å². The first-order valence-corrected chi connectivity index (χ1v) is 7.43. The Kier molecular flexibility index (Phi) is 4.76. The van der Waals surface area contributed by atoms with Gasteiger partial charge in [-0.25, -0.2) is 0 Å². The minimum Gasteiger partial charge on any atom is -0.398 e. The van der Waals surface area contributed by atoms with E-state index in [1.54, 1.807) is 18.5 Å². The van der Waals surface area contributed by atoms with E-state index < -0.39 is 5.60 Å². The van der Waals surface area contributed by atoms with Crippen molar-refractivity contribution in [2.24, 2.45) is 5.92 Å². The summed E-state index contributed by atoms with van der Waals surface area (Å²) in [7, 11) is 0. The maximum absolute atomic E-state index is 12.7. The van der Waals surface area contributed by atoms with Crippen LogP contribution in [0.3, 0.4) is 0 Å². The highest BCUT2D eigenvalue weighted by Crippen LogP contribution is 2.36. The number of carbonyl (C=O) groups is 1. The number of nitrogens with zero attached hydrogens (tertiary/aromatic N) is 1. The summed E-state index contributed by atoms with van der Waals surface area (Å²) in [6.45, 7) is 4.76. The van der Waals surface area contributed by atoms with E-state index in [1.807, 2.05) is 6.92 Å². The number of hydrogen-bond acceptors (Lipinski definition) is 4. The summed E-state index contributed by atoms with van der Waals surface area (Å²) in [5, 5.41) is 0. The van der Waals surface area contributed by atoms with Crippen molar-refractivity contribution >= 4 is 11.5 Å². The van der Waals surface area contributed by atoms with Gasteiger partial charge in [0.25, 0.3) is 0 Å². The van der Waals surface area contributed by atoms with E-state index in [-0.39, 0.29) is 5.78 Å². The summed E-state index contributed by atoms with van der Waals surface area (Å²) in [5.74, 6) is 0.825. The zero-order chi connectivity index (χ0) is 14.6. The molecule has 0 spiro atoms. The Balaban J connectivity index is 2.13. The number of ketones is 1. The molecule has 2 rings (SSSR count). The number of nitrogens with two attached hydrogens (primary N) is 1. The number of Topliss-reactive ketones (excluding diaryl/α,β-unsaturated/α-hetero) is 1. The second-order valence-corrected chi connectivity index (χ2v) is 5.78. The van der Waals surface area contributed by atoms with Crippen LogP contribution in [0, 0.1) is 5.92 Å². The van der Waals surface area contributed by atoms with Crippen LogP contribution in [-0.2, 0) is 16.0 Å². The maximum atomic E-state index is 12.7. The SMILES string of the molecule is CCOC1(C(=O)Cc2cnccc2N)CCC(C)CC1. The average molecular weight is 276 g/mol. The monoisotopic (exact) mass is 276 g/mol. The molecular formula is C16H24N2O2. The predicted molar refractivity (Wildman–Crippen MR) is 79.3 cm³/mol. The fraction of sp³-hybridized carbons (Fsp3) is 0.625. The first-order valence-electron chi connectivity index (χ1n) is 7.43.